The number of aromatic nitrogens is 4. The summed E-state index contributed by atoms with van der Waals surface area (Å²) in [5, 5.41) is 6.02. The van der Waals surface area contributed by atoms with Crippen molar-refractivity contribution in [2.45, 2.75) is 19.0 Å². The van der Waals surface area contributed by atoms with E-state index in [0.29, 0.717) is 23.2 Å². The van der Waals surface area contributed by atoms with E-state index in [9.17, 15) is 9.59 Å². The number of nitrogens with one attached hydrogen (secondary N) is 2. The summed E-state index contributed by atoms with van der Waals surface area (Å²) >= 11 is 1.22. The van der Waals surface area contributed by atoms with Gasteiger partial charge < -0.3 is 10.1 Å². The quantitative estimate of drug-likeness (QED) is 0.431. The van der Waals surface area contributed by atoms with Crippen LogP contribution in [-0.4, -0.2) is 37.8 Å². The van der Waals surface area contributed by atoms with Crippen molar-refractivity contribution in [2.75, 3.05) is 17.7 Å². The third-order valence-electron chi connectivity index (χ3n) is 4.38. The molecule has 2 aromatic carbocycles. The van der Waals surface area contributed by atoms with Gasteiger partial charge in [-0.05, 0) is 55.8 Å². The van der Waals surface area contributed by atoms with Crippen molar-refractivity contribution in [1.29, 1.82) is 0 Å². The summed E-state index contributed by atoms with van der Waals surface area (Å²) in [6, 6.07) is 16.4. The molecule has 0 aliphatic heterocycles. The number of hydrogen-bond acceptors (Lipinski definition) is 6. The van der Waals surface area contributed by atoms with Crippen molar-refractivity contribution in [1.82, 2.24) is 19.6 Å². The number of ether oxygens (including phenoxy) is 1. The van der Waals surface area contributed by atoms with Crippen molar-refractivity contribution in [2.24, 2.45) is 0 Å². The average Bonchev–Trinajstić information content (AvgIpc) is 3.13. The van der Waals surface area contributed by atoms with Gasteiger partial charge in [0.2, 0.25) is 5.91 Å². The predicted molar refractivity (Wildman–Crippen MR) is 121 cm³/mol. The third-order valence-corrected chi connectivity index (χ3v) is 5.32. The Bertz CT molecular complexity index is 1280. The molecule has 0 aliphatic rings. The van der Waals surface area contributed by atoms with Gasteiger partial charge in [-0.3, -0.25) is 14.7 Å². The van der Waals surface area contributed by atoms with Crippen LogP contribution in [0.3, 0.4) is 0 Å². The summed E-state index contributed by atoms with van der Waals surface area (Å²) in [6.45, 7) is 4.47. The summed E-state index contributed by atoms with van der Waals surface area (Å²) in [5.41, 5.74) is 2.73. The Kier molecular flexibility index (Phi) is 6.03. The van der Waals surface area contributed by atoms with E-state index in [2.05, 4.69) is 20.4 Å². The Labute approximate surface area is 182 Å². The molecule has 158 valence electrons. The van der Waals surface area contributed by atoms with Crippen LogP contribution >= 0.6 is 11.8 Å². The number of rotatable bonds is 7. The molecule has 9 heteroatoms. The zero-order valence-electron chi connectivity index (χ0n) is 17.1. The normalized spacial score (nSPS) is 10.9. The summed E-state index contributed by atoms with van der Waals surface area (Å²) < 4.78 is 6.97. The number of carbonyl (C=O) groups is 1. The number of nitrogens with zero attached hydrogens (tertiary/aromatic N) is 3. The molecule has 0 fully saturated rings. The second-order valence-corrected chi connectivity index (χ2v) is 7.75. The van der Waals surface area contributed by atoms with Crippen LogP contribution in [0.2, 0.25) is 0 Å². The van der Waals surface area contributed by atoms with Gasteiger partial charge in [0, 0.05) is 17.3 Å². The molecule has 4 aromatic rings. The molecule has 0 aliphatic carbocycles. The number of hydrogen-bond donors (Lipinski definition) is 2. The zero-order chi connectivity index (χ0) is 21.8. The van der Waals surface area contributed by atoms with Gasteiger partial charge in [0.1, 0.15) is 5.75 Å². The second-order valence-electron chi connectivity index (χ2n) is 6.81. The lowest BCUT2D eigenvalue weighted by atomic mass is 10.2. The number of amides is 1. The van der Waals surface area contributed by atoms with Gasteiger partial charge in [-0.25, -0.2) is 14.5 Å². The Hall–Kier alpha value is -3.59. The molecule has 0 saturated heterocycles. The molecule has 31 heavy (non-hydrogen) atoms. The number of aromatic amines is 1. The van der Waals surface area contributed by atoms with E-state index in [0.717, 1.165) is 22.6 Å². The summed E-state index contributed by atoms with van der Waals surface area (Å²) in [5.74, 6) is 1.18. The minimum atomic E-state index is -0.288. The lowest BCUT2D eigenvalue weighted by Gasteiger charge is -2.09. The number of thioether (sulfide) groups is 1. The third kappa shape index (κ3) is 4.95. The van der Waals surface area contributed by atoms with Gasteiger partial charge in [-0.15, -0.1) is 0 Å². The molecular weight excluding hydrogens is 414 g/mol. The van der Waals surface area contributed by atoms with E-state index in [1.54, 1.807) is 0 Å². The molecule has 0 bridgehead atoms. The van der Waals surface area contributed by atoms with Gasteiger partial charge in [0.15, 0.2) is 16.6 Å². The van der Waals surface area contributed by atoms with Crippen LogP contribution in [0.25, 0.3) is 17.0 Å². The number of anilines is 1. The van der Waals surface area contributed by atoms with Crippen LogP contribution in [0.4, 0.5) is 5.69 Å². The molecule has 4 rings (SSSR count). The minimum Gasteiger partial charge on any atom is -0.494 e. The molecule has 0 saturated carbocycles. The van der Waals surface area contributed by atoms with E-state index >= 15 is 0 Å². The van der Waals surface area contributed by atoms with Crippen molar-refractivity contribution in [3.63, 3.8) is 0 Å². The molecule has 2 N–H and O–H groups in total. The van der Waals surface area contributed by atoms with Crippen LogP contribution in [0.1, 0.15) is 12.5 Å². The maximum Gasteiger partial charge on any atom is 0.266 e. The molecule has 0 unspecified atom stereocenters. The Morgan fingerprint density at radius 2 is 1.97 bits per heavy atom. The highest BCUT2D eigenvalue weighted by Gasteiger charge is 2.13. The van der Waals surface area contributed by atoms with Crippen molar-refractivity contribution in [3.05, 3.63) is 70.5 Å². The fourth-order valence-corrected chi connectivity index (χ4v) is 3.78. The fourth-order valence-electron chi connectivity index (χ4n) is 3.03. The first-order valence-electron chi connectivity index (χ1n) is 9.74. The van der Waals surface area contributed by atoms with Crippen molar-refractivity contribution >= 4 is 29.0 Å². The SMILES string of the molecule is CCOc1ccc(-c2nc(SCC(=O)Nc3cccc(C)c3)n3[nH]c(=O)cc3n2)cc1. The number of aryl methyl sites for hydroxylation is 1. The summed E-state index contributed by atoms with van der Waals surface area (Å²) in [4.78, 5) is 33.3. The lowest BCUT2D eigenvalue weighted by Crippen LogP contribution is -2.15. The van der Waals surface area contributed by atoms with Crippen molar-refractivity contribution in [3.8, 4) is 17.1 Å². The maximum atomic E-state index is 12.4. The van der Waals surface area contributed by atoms with E-state index in [-0.39, 0.29) is 17.2 Å². The first-order valence-corrected chi connectivity index (χ1v) is 10.7. The van der Waals surface area contributed by atoms with Gasteiger partial charge in [0.05, 0.1) is 12.4 Å². The standard InChI is InChI=1S/C22H21N5O3S/c1-3-30-17-9-7-15(8-10-17)21-24-18-12-19(28)26-27(18)22(25-21)31-13-20(29)23-16-6-4-5-14(2)11-16/h4-12H,3,13H2,1-2H3,(H,23,29)(H,26,28). The molecule has 2 aromatic heterocycles. The molecule has 2 heterocycles. The predicted octanol–water partition coefficient (Wildman–Crippen LogP) is 3.52. The zero-order valence-corrected chi connectivity index (χ0v) is 17.9. The van der Waals surface area contributed by atoms with Gasteiger partial charge in [-0.2, -0.15) is 0 Å². The van der Waals surface area contributed by atoms with Crippen molar-refractivity contribution < 1.29 is 9.53 Å². The molecule has 0 atom stereocenters. The van der Waals surface area contributed by atoms with Crippen LogP contribution in [0, 0.1) is 6.92 Å². The van der Waals surface area contributed by atoms with Gasteiger partial charge in [-0.1, -0.05) is 23.9 Å². The minimum absolute atomic E-state index is 0.128. The highest BCUT2D eigenvalue weighted by Crippen LogP contribution is 2.23. The number of benzene rings is 2. The highest BCUT2D eigenvalue weighted by molar-refractivity contribution is 7.99. The monoisotopic (exact) mass is 435 g/mol. The Morgan fingerprint density at radius 3 is 2.71 bits per heavy atom. The van der Waals surface area contributed by atoms with E-state index in [1.807, 2.05) is 62.4 Å². The molecule has 8 nitrogen and oxygen atoms in total. The fraction of sp³-hybridized carbons (Fsp3) is 0.182. The molecule has 0 spiro atoms. The first-order chi connectivity index (χ1) is 15.0. The van der Waals surface area contributed by atoms with E-state index in [4.69, 9.17) is 4.74 Å². The van der Waals surface area contributed by atoms with Crippen LogP contribution in [-0.2, 0) is 4.79 Å². The second kappa shape index (κ2) is 9.05. The maximum absolute atomic E-state index is 12.4. The van der Waals surface area contributed by atoms with Crippen LogP contribution < -0.4 is 15.6 Å². The first kappa shape index (κ1) is 20.7. The van der Waals surface area contributed by atoms with E-state index < -0.39 is 0 Å². The topological polar surface area (TPSA) is 101 Å². The molecular formula is C22H21N5O3S. The van der Waals surface area contributed by atoms with Crippen LogP contribution in [0.5, 0.6) is 5.75 Å². The van der Waals surface area contributed by atoms with Gasteiger partial charge in [0.25, 0.3) is 5.56 Å². The average molecular weight is 436 g/mol. The Balaban J connectivity index is 1.57. The molecule has 1 amide bonds. The summed E-state index contributed by atoms with van der Waals surface area (Å²) in [6.07, 6.45) is 0. The largest absolute Gasteiger partial charge is 0.494 e. The number of carbonyl (C=O) groups excluding carboxylic acids is 1. The number of H-pyrrole nitrogens is 1. The smallest absolute Gasteiger partial charge is 0.266 e. The number of fused-ring (bicyclic) bond motifs is 1. The van der Waals surface area contributed by atoms with Crippen LogP contribution in [0.15, 0.2) is 64.5 Å². The lowest BCUT2D eigenvalue weighted by molar-refractivity contribution is -0.113. The van der Waals surface area contributed by atoms with Gasteiger partial charge >= 0.3 is 0 Å². The molecule has 0 radical (unpaired) electrons. The summed E-state index contributed by atoms with van der Waals surface area (Å²) in [7, 11) is 0. The highest BCUT2D eigenvalue weighted by atomic mass is 32.2. The Morgan fingerprint density at radius 1 is 1.16 bits per heavy atom. The van der Waals surface area contributed by atoms with E-state index in [1.165, 1.54) is 22.3 Å².